The van der Waals surface area contributed by atoms with Crippen LogP contribution >= 0.6 is 0 Å². The molecule has 154 valence electrons. The van der Waals surface area contributed by atoms with Gasteiger partial charge in [0.15, 0.2) is 0 Å². The van der Waals surface area contributed by atoms with Gasteiger partial charge in [0, 0.05) is 31.9 Å². The Kier molecular flexibility index (Phi) is 6.72. The average molecular weight is 391 g/mol. The van der Waals surface area contributed by atoms with E-state index in [4.69, 9.17) is 9.47 Å². The van der Waals surface area contributed by atoms with Crippen LogP contribution in [0.1, 0.15) is 48.5 Å². The van der Waals surface area contributed by atoms with Crippen LogP contribution < -0.4 is 10.9 Å². The highest BCUT2D eigenvalue weighted by molar-refractivity contribution is 5.95. The zero-order valence-corrected chi connectivity index (χ0v) is 16.6. The van der Waals surface area contributed by atoms with Crippen molar-refractivity contribution in [3.05, 3.63) is 33.7 Å². The molecular formula is C20H29N3O5. The van der Waals surface area contributed by atoms with E-state index in [0.717, 1.165) is 19.4 Å². The number of piperidine rings is 1. The standard InChI is InChI=1S/C20H29N3O5/c1-3-27-20(26)22-10-7-15(8-11-22)21-18(24)17-14(2)6-9-23(19(17)25)13-16-5-4-12-28-16/h6,9,15-16H,3-5,7-8,10-13H2,1-2H3,(H,21,24). The molecule has 28 heavy (non-hydrogen) atoms. The Morgan fingerprint density at radius 2 is 2.04 bits per heavy atom. The van der Waals surface area contributed by atoms with Crippen molar-refractivity contribution in [1.29, 1.82) is 0 Å². The summed E-state index contributed by atoms with van der Waals surface area (Å²) in [4.78, 5) is 39.1. The summed E-state index contributed by atoms with van der Waals surface area (Å²) in [6.45, 7) is 6.15. The number of amides is 2. The van der Waals surface area contributed by atoms with Gasteiger partial charge in [-0.3, -0.25) is 9.59 Å². The predicted octanol–water partition coefficient (Wildman–Crippen LogP) is 1.69. The Morgan fingerprint density at radius 3 is 2.68 bits per heavy atom. The van der Waals surface area contributed by atoms with E-state index in [0.29, 0.717) is 44.6 Å². The molecule has 1 unspecified atom stereocenters. The van der Waals surface area contributed by atoms with Gasteiger partial charge in [0.05, 0.1) is 19.3 Å². The van der Waals surface area contributed by atoms with Crippen molar-refractivity contribution in [2.24, 2.45) is 0 Å². The number of hydrogen-bond acceptors (Lipinski definition) is 5. The first-order valence-electron chi connectivity index (χ1n) is 10.0. The van der Waals surface area contributed by atoms with E-state index in [2.05, 4.69) is 5.32 Å². The van der Waals surface area contributed by atoms with E-state index in [1.807, 2.05) is 0 Å². The summed E-state index contributed by atoms with van der Waals surface area (Å²) in [5, 5.41) is 2.97. The van der Waals surface area contributed by atoms with Gasteiger partial charge in [-0.1, -0.05) is 0 Å². The third-order valence-corrected chi connectivity index (χ3v) is 5.38. The molecule has 0 bridgehead atoms. The minimum Gasteiger partial charge on any atom is -0.450 e. The highest BCUT2D eigenvalue weighted by Gasteiger charge is 2.26. The number of pyridine rings is 1. The second-order valence-electron chi connectivity index (χ2n) is 7.40. The molecular weight excluding hydrogens is 362 g/mol. The first kappa shape index (κ1) is 20.4. The molecule has 3 rings (SSSR count). The lowest BCUT2D eigenvalue weighted by atomic mass is 10.0. The van der Waals surface area contributed by atoms with Crippen LogP contribution in [0.5, 0.6) is 0 Å². The van der Waals surface area contributed by atoms with E-state index in [1.165, 1.54) is 0 Å². The van der Waals surface area contributed by atoms with Crippen molar-refractivity contribution >= 4 is 12.0 Å². The van der Waals surface area contributed by atoms with E-state index in [-0.39, 0.29) is 35.3 Å². The maximum absolute atomic E-state index is 12.9. The monoisotopic (exact) mass is 391 g/mol. The minimum atomic E-state index is -0.348. The van der Waals surface area contributed by atoms with Crippen molar-refractivity contribution < 1.29 is 19.1 Å². The predicted molar refractivity (Wildman–Crippen MR) is 103 cm³/mol. The first-order chi connectivity index (χ1) is 13.5. The number of ether oxygens (including phenoxy) is 2. The number of hydrogen-bond donors (Lipinski definition) is 1. The number of rotatable bonds is 5. The van der Waals surface area contributed by atoms with Crippen LogP contribution in [0, 0.1) is 6.92 Å². The van der Waals surface area contributed by atoms with Gasteiger partial charge in [0.25, 0.3) is 11.5 Å². The zero-order chi connectivity index (χ0) is 20.1. The quantitative estimate of drug-likeness (QED) is 0.825. The molecule has 2 saturated heterocycles. The Hall–Kier alpha value is -2.35. The number of nitrogens with one attached hydrogen (secondary N) is 1. The second kappa shape index (κ2) is 9.23. The Balaban J connectivity index is 1.63. The van der Waals surface area contributed by atoms with Gasteiger partial charge in [0.1, 0.15) is 5.56 Å². The Morgan fingerprint density at radius 1 is 1.29 bits per heavy atom. The molecule has 0 spiro atoms. The van der Waals surface area contributed by atoms with Crippen LogP contribution in [0.15, 0.2) is 17.1 Å². The SMILES string of the molecule is CCOC(=O)N1CCC(NC(=O)c2c(C)ccn(CC3CCCO3)c2=O)CC1. The summed E-state index contributed by atoms with van der Waals surface area (Å²) in [7, 11) is 0. The maximum Gasteiger partial charge on any atom is 0.409 e. The summed E-state index contributed by atoms with van der Waals surface area (Å²) >= 11 is 0. The normalized spacial score (nSPS) is 20.2. The molecule has 8 heteroatoms. The Labute approximate surface area is 164 Å². The molecule has 8 nitrogen and oxygen atoms in total. The van der Waals surface area contributed by atoms with Crippen molar-refractivity contribution in [2.75, 3.05) is 26.3 Å². The van der Waals surface area contributed by atoms with Gasteiger partial charge in [0.2, 0.25) is 0 Å². The third kappa shape index (κ3) is 4.73. The molecule has 1 atom stereocenters. The lowest BCUT2D eigenvalue weighted by molar-refractivity contribution is 0.0853. The third-order valence-electron chi connectivity index (χ3n) is 5.38. The molecule has 2 aliphatic heterocycles. The van der Waals surface area contributed by atoms with Crippen LogP contribution in [0.2, 0.25) is 0 Å². The van der Waals surface area contributed by atoms with E-state index < -0.39 is 0 Å². The molecule has 0 aromatic carbocycles. The number of aryl methyl sites for hydroxylation is 1. The van der Waals surface area contributed by atoms with Crippen LogP contribution in [0.25, 0.3) is 0 Å². The van der Waals surface area contributed by atoms with Gasteiger partial charge in [-0.15, -0.1) is 0 Å². The molecule has 2 fully saturated rings. The topological polar surface area (TPSA) is 89.9 Å². The summed E-state index contributed by atoms with van der Waals surface area (Å²) in [5.74, 6) is -0.348. The molecule has 0 radical (unpaired) electrons. The van der Waals surface area contributed by atoms with Crippen LogP contribution in [-0.4, -0.2) is 59.9 Å². The molecule has 1 N–H and O–H groups in total. The van der Waals surface area contributed by atoms with Crippen LogP contribution in [-0.2, 0) is 16.0 Å². The van der Waals surface area contributed by atoms with E-state index in [1.54, 1.807) is 35.6 Å². The maximum atomic E-state index is 12.9. The number of carbonyl (C=O) groups excluding carboxylic acids is 2. The van der Waals surface area contributed by atoms with Crippen molar-refractivity contribution in [1.82, 2.24) is 14.8 Å². The van der Waals surface area contributed by atoms with Gasteiger partial charge in [-0.25, -0.2) is 4.79 Å². The number of carbonyl (C=O) groups is 2. The zero-order valence-electron chi connectivity index (χ0n) is 16.6. The molecule has 3 heterocycles. The summed E-state index contributed by atoms with van der Waals surface area (Å²) in [6.07, 6.45) is 4.66. The lowest BCUT2D eigenvalue weighted by Gasteiger charge is -2.31. The fraction of sp³-hybridized carbons (Fsp3) is 0.650. The second-order valence-corrected chi connectivity index (χ2v) is 7.40. The minimum absolute atomic E-state index is 0.0310. The average Bonchev–Trinajstić information content (AvgIpc) is 3.18. The summed E-state index contributed by atoms with van der Waals surface area (Å²) < 4.78 is 12.2. The number of aromatic nitrogens is 1. The first-order valence-corrected chi connectivity index (χ1v) is 10.0. The highest BCUT2D eigenvalue weighted by Crippen LogP contribution is 2.15. The summed E-state index contributed by atoms with van der Waals surface area (Å²) in [5.41, 5.74) is 0.570. The molecule has 0 saturated carbocycles. The highest BCUT2D eigenvalue weighted by atomic mass is 16.6. The van der Waals surface area contributed by atoms with Gasteiger partial charge < -0.3 is 24.3 Å². The Bertz CT molecular complexity index is 762. The van der Waals surface area contributed by atoms with Gasteiger partial charge >= 0.3 is 6.09 Å². The lowest BCUT2D eigenvalue weighted by Crippen LogP contribution is -2.47. The molecule has 1 aromatic heterocycles. The smallest absolute Gasteiger partial charge is 0.409 e. The van der Waals surface area contributed by atoms with E-state index in [9.17, 15) is 14.4 Å². The van der Waals surface area contributed by atoms with Crippen molar-refractivity contribution in [3.63, 3.8) is 0 Å². The fourth-order valence-electron chi connectivity index (χ4n) is 3.77. The largest absolute Gasteiger partial charge is 0.450 e. The molecule has 2 amide bonds. The fourth-order valence-corrected chi connectivity index (χ4v) is 3.77. The van der Waals surface area contributed by atoms with Crippen LogP contribution in [0.4, 0.5) is 4.79 Å². The van der Waals surface area contributed by atoms with Gasteiger partial charge in [-0.2, -0.15) is 0 Å². The van der Waals surface area contributed by atoms with Crippen molar-refractivity contribution in [2.45, 2.75) is 58.2 Å². The van der Waals surface area contributed by atoms with Crippen molar-refractivity contribution in [3.8, 4) is 0 Å². The van der Waals surface area contributed by atoms with Gasteiger partial charge in [-0.05, 0) is 51.2 Å². The molecule has 1 aromatic rings. The van der Waals surface area contributed by atoms with E-state index >= 15 is 0 Å². The molecule has 0 aliphatic carbocycles. The number of likely N-dealkylation sites (tertiary alicyclic amines) is 1. The van der Waals surface area contributed by atoms with Crippen LogP contribution in [0.3, 0.4) is 0 Å². The summed E-state index contributed by atoms with van der Waals surface area (Å²) in [6, 6.07) is 1.73. The molecule has 2 aliphatic rings. The number of nitrogens with zero attached hydrogens (tertiary/aromatic N) is 2.